The molecule has 194 valence electrons. The average molecular weight is 505 g/mol. The summed E-state index contributed by atoms with van der Waals surface area (Å²) < 4.78 is 61.8. The third-order valence-electron chi connectivity index (χ3n) is 5.76. The van der Waals surface area contributed by atoms with Gasteiger partial charge in [-0.2, -0.15) is 13.2 Å². The van der Waals surface area contributed by atoms with Gasteiger partial charge in [0.05, 0.1) is 50.1 Å². The minimum atomic E-state index is -4.60. The van der Waals surface area contributed by atoms with Crippen LogP contribution in [-0.4, -0.2) is 72.4 Å². The normalized spacial score (nSPS) is 22.1. The van der Waals surface area contributed by atoms with Crippen molar-refractivity contribution in [2.24, 2.45) is 0 Å². The molecule has 35 heavy (non-hydrogen) atoms. The van der Waals surface area contributed by atoms with Gasteiger partial charge in [0.2, 0.25) is 11.8 Å². The largest absolute Gasteiger partial charge is 0.447 e. The number of ether oxygens (including phenoxy) is 2. The predicted molar refractivity (Wildman–Crippen MR) is 112 cm³/mol. The molecule has 9 nitrogen and oxygen atoms in total. The zero-order chi connectivity index (χ0) is 25.6. The predicted octanol–water partition coefficient (Wildman–Crippen LogP) is 1.72. The van der Waals surface area contributed by atoms with Gasteiger partial charge >= 0.3 is 12.3 Å². The number of nitrogens with one attached hydrogen (secondary N) is 2. The molecule has 1 aromatic carbocycles. The Morgan fingerprint density at radius 2 is 1.71 bits per heavy atom. The number of carbonyl (C=O) groups excluding carboxylic acids is 3. The summed E-state index contributed by atoms with van der Waals surface area (Å²) in [4.78, 5) is 34.7. The molecule has 0 unspecified atom stereocenters. The number of hydrogen-bond acceptors (Lipinski definition) is 6. The van der Waals surface area contributed by atoms with Gasteiger partial charge < -0.3 is 30.1 Å². The monoisotopic (exact) mass is 505 g/mol. The number of benzene rings is 1. The molecular weight excluding hydrogens is 478 g/mol. The third kappa shape index (κ3) is 7.79. The first-order valence-corrected chi connectivity index (χ1v) is 11.1. The van der Waals surface area contributed by atoms with Crippen LogP contribution in [0.5, 0.6) is 0 Å². The van der Waals surface area contributed by atoms with Gasteiger partial charge in [-0.05, 0) is 25.0 Å². The molecule has 3 fully saturated rings. The number of nitrogens with zero attached hydrogens (tertiary/aromatic N) is 1. The molecule has 0 aliphatic carbocycles. The number of carbonyl (C=O) groups is 3. The van der Waals surface area contributed by atoms with Gasteiger partial charge in [-0.3, -0.25) is 9.59 Å². The number of halogens is 4. The number of aliphatic hydroxyl groups is 1. The van der Waals surface area contributed by atoms with E-state index in [1.54, 1.807) is 0 Å². The summed E-state index contributed by atoms with van der Waals surface area (Å²) in [6.07, 6.45) is -3.07. The Kier molecular flexibility index (Phi) is 8.89. The molecule has 2 atom stereocenters. The average Bonchev–Trinajstić information content (AvgIpc) is 3.39. The van der Waals surface area contributed by atoms with E-state index in [4.69, 9.17) is 14.6 Å². The van der Waals surface area contributed by atoms with Gasteiger partial charge in [0.1, 0.15) is 12.4 Å². The van der Waals surface area contributed by atoms with Crippen LogP contribution in [0.25, 0.3) is 0 Å². The molecule has 0 saturated carbocycles. The van der Waals surface area contributed by atoms with E-state index in [1.165, 1.54) is 4.90 Å². The van der Waals surface area contributed by atoms with Gasteiger partial charge in [0.25, 0.3) is 0 Å². The first-order chi connectivity index (χ1) is 16.5. The maximum Gasteiger partial charge on any atom is 0.416 e. The van der Waals surface area contributed by atoms with E-state index in [0.717, 1.165) is 18.6 Å². The highest BCUT2D eigenvalue weighted by Crippen LogP contribution is 2.30. The second-order valence-corrected chi connectivity index (χ2v) is 8.51. The Morgan fingerprint density at radius 1 is 1.09 bits per heavy atom. The van der Waals surface area contributed by atoms with Crippen molar-refractivity contribution in [2.45, 2.75) is 56.7 Å². The number of hydrogen-bond donors (Lipinski definition) is 3. The minimum Gasteiger partial charge on any atom is -0.447 e. The maximum absolute atomic E-state index is 13.7. The lowest BCUT2D eigenvalue weighted by atomic mass is 10.1. The highest BCUT2D eigenvalue weighted by Gasteiger charge is 2.34. The topological polar surface area (TPSA) is 117 Å². The fraction of sp³-hybridized carbons (Fsp3) is 0.591. The fourth-order valence-electron chi connectivity index (χ4n) is 3.62. The Labute approximate surface area is 198 Å². The second-order valence-electron chi connectivity index (χ2n) is 8.51. The van der Waals surface area contributed by atoms with E-state index in [0.29, 0.717) is 25.3 Å². The van der Waals surface area contributed by atoms with Gasteiger partial charge in [-0.15, -0.1) is 0 Å². The molecule has 0 spiro atoms. The van der Waals surface area contributed by atoms with E-state index in [-0.39, 0.29) is 68.5 Å². The minimum absolute atomic E-state index is 0.0148. The first kappa shape index (κ1) is 26.7. The molecule has 3 saturated heterocycles. The van der Waals surface area contributed by atoms with Gasteiger partial charge in [0.15, 0.2) is 0 Å². The van der Waals surface area contributed by atoms with Crippen LogP contribution in [0.3, 0.4) is 0 Å². The van der Waals surface area contributed by atoms with Crippen molar-refractivity contribution in [3.05, 3.63) is 35.1 Å². The summed E-state index contributed by atoms with van der Waals surface area (Å²) in [7, 11) is 0. The van der Waals surface area contributed by atoms with Crippen LogP contribution in [-0.2, 0) is 31.8 Å². The Balaban J connectivity index is 0.000000363. The molecule has 4 rings (SSSR count). The molecule has 13 heteroatoms. The molecule has 0 bridgehead atoms. The zero-order valence-electron chi connectivity index (χ0n) is 18.8. The van der Waals surface area contributed by atoms with Crippen molar-refractivity contribution in [1.29, 1.82) is 0 Å². The number of alkyl halides is 3. The third-order valence-corrected chi connectivity index (χ3v) is 5.76. The van der Waals surface area contributed by atoms with E-state index in [9.17, 15) is 31.9 Å². The number of likely N-dealkylation sites (tertiary alicyclic amines) is 1. The fourth-order valence-corrected chi connectivity index (χ4v) is 3.62. The highest BCUT2D eigenvalue weighted by molar-refractivity contribution is 5.78. The van der Waals surface area contributed by atoms with E-state index in [1.807, 2.05) is 0 Å². The standard InChI is InChI=1S/C17H18F4N2O4.C5H9NO2/c18-14-5-11(17(19,20)21)2-1-10(14)8-26-13-6-23(7-13)16(25)27-9-12-3-4-15(24)22-12;7-3-4-1-2-5(8)6-4/h1-2,5,12-13H,3-4,6-9H2,(H,22,24);4,7H,1-3H2,(H,6,8)/t12-;4-/m11/s1. The van der Waals surface area contributed by atoms with Gasteiger partial charge in [0, 0.05) is 18.4 Å². The van der Waals surface area contributed by atoms with Crippen molar-refractivity contribution < 1.29 is 46.5 Å². The summed E-state index contributed by atoms with van der Waals surface area (Å²) in [6.45, 7) is 0.483. The summed E-state index contributed by atoms with van der Waals surface area (Å²) in [5.41, 5.74) is -1.04. The van der Waals surface area contributed by atoms with Crippen molar-refractivity contribution >= 4 is 17.9 Å². The lowest BCUT2D eigenvalue weighted by Crippen LogP contribution is -2.55. The molecule has 3 amide bonds. The Hall–Kier alpha value is -2.93. The van der Waals surface area contributed by atoms with Crippen molar-refractivity contribution in [3.8, 4) is 0 Å². The van der Waals surface area contributed by atoms with E-state index >= 15 is 0 Å². The molecular formula is C22H27F4N3O6. The smallest absolute Gasteiger partial charge is 0.416 e. The van der Waals surface area contributed by atoms with Crippen LogP contribution in [0, 0.1) is 5.82 Å². The van der Waals surface area contributed by atoms with Crippen LogP contribution in [0.2, 0.25) is 0 Å². The summed E-state index contributed by atoms with van der Waals surface area (Å²) >= 11 is 0. The SMILES string of the molecule is O=C1CC[C@H](CO)N1.O=C1CC[C@H](COC(=O)N2CC(OCc3ccc(C(F)(F)F)cc3F)C2)N1. The molecule has 3 heterocycles. The van der Waals surface area contributed by atoms with E-state index in [2.05, 4.69) is 10.6 Å². The van der Waals surface area contributed by atoms with Crippen LogP contribution >= 0.6 is 0 Å². The van der Waals surface area contributed by atoms with Gasteiger partial charge in [-0.25, -0.2) is 9.18 Å². The lowest BCUT2D eigenvalue weighted by molar-refractivity contribution is -0.137. The lowest BCUT2D eigenvalue weighted by Gasteiger charge is -2.38. The molecule has 0 aromatic heterocycles. The number of aliphatic hydroxyl groups excluding tert-OH is 1. The van der Waals surface area contributed by atoms with Crippen LogP contribution in [0.1, 0.15) is 36.8 Å². The highest BCUT2D eigenvalue weighted by atomic mass is 19.4. The van der Waals surface area contributed by atoms with Crippen LogP contribution < -0.4 is 10.6 Å². The molecule has 0 radical (unpaired) electrons. The zero-order valence-corrected chi connectivity index (χ0v) is 18.8. The quantitative estimate of drug-likeness (QED) is 0.507. The van der Waals surface area contributed by atoms with Crippen molar-refractivity contribution in [2.75, 3.05) is 26.3 Å². The summed E-state index contributed by atoms with van der Waals surface area (Å²) in [5, 5.41) is 13.8. The van der Waals surface area contributed by atoms with E-state index < -0.39 is 23.7 Å². The first-order valence-electron chi connectivity index (χ1n) is 11.1. The van der Waals surface area contributed by atoms with Crippen molar-refractivity contribution in [1.82, 2.24) is 15.5 Å². The van der Waals surface area contributed by atoms with Crippen molar-refractivity contribution in [3.63, 3.8) is 0 Å². The Bertz CT molecular complexity index is 923. The van der Waals surface area contributed by atoms with Crippen LogP contribution in [0.15, 0.2) is 18.2 Å². The second kappa shape index (κ2) is 11.7. The molecule has 3 N–H and O–H groups in total. The summed E-state index contributed by atoms with van der Waals surface area (Å²) in [5.74, 6) is -0.993. The van der Waals surface area contributed by atoms with Gasteiger partial charge in [-0.1, -0.05) is 6.07 Å². The molecule has 3 aliphatic heterocycles. The Morgan fingerprint density at radius 3 is 2.20 bits per heavy atom. The molecule has 3 aliphatic rings. The number of rotatable bonds is 6. The maximum atomic E-state index is 13.7. The van der Waals surface area contributed by atoms with Crippen LogP contribution in [0.4, 0.5) is 22.4 Å². The molecule has 1 aromatic rings. The summed E-state index contributed by atoms with van der Waals surface area (Å²) in [6, 6.07) is 2.14. The number of amides is 3.